The molecule has 0 spiro atoms. The molecule has 6 heteroatoms. The number of hydrogen-bond acceptors (Lipinski definition) is 3. The Bertz CT molecular complexity index is 200. The van der Waals surface area contributed by atoms with Gasteiger partial charge in [-0.1, -0.05) is 13.8 Å². The van der Waals surface area contributed by atoms with Crippen molar-refractivity contribution in [2.45, 2.75) is 19.9 Å². The maximum atomic E-state index is 10.4. The Labute approximate surface area is 67.3 Å². The third kappa shape index (κ3) is 6.24. The molecule has 0 fully saturated rings. The first-order chi connectivity index (χ1) is 4.83. The Morgan fingerprint density at radius 1 is 1.45 bits per heavy atom. The number of nitrogens with one attached hydrogen (secondary N) is 1. The smallest absolute Gasteiger partial charge is 0.274 e. The van der Waals surface area contributed by atoms with Crippen LogP contribution in [0.1, 0.15) is 13.8 Å². The van der Waals surface area contributed by atoms with Gasteiger partial charge in [-0.15, -0.1) is 0 Å². The lowest BCUT2D eigenvalue weighted by Gasteiger charge is -2.14. The maximum Gasteiger partial charge on any atom is 0.274 e. The summed E-state index contributed by atoms with van der Waals surface area (Å²) in [5.74, 6) is 0.240. The standard InChI is InChI=1S/C5H15N3O2S/c1-4(2)5(6)3-8-11(7,9)10/h4-5,8H,3,6H2,1-2H3,(H2,7,9,10). The fourth-order valence-electron chi connectivity index (χ4n) is 0.448. The summed E-state index contributed by atoms with van der Waals surface area (Å²) in [5.41, 5.74) is 5.54. The third-order valence-electron chi connectivity index (χ3n) is 1.38. The highest BCUT2D eigenvalue weighted by atomic mass is 32.2. The minimum Gasteiger partial charge on any atom is -0.326 e. The van der Waals surface area contributed by atoms with Crippen LogP contribution >= 0.6 is 0 Å². The second-order valence-corrected chi connectivity index (χ2v) is 4.18. The molecule has 0 heterocycles. The Kier molecular flexibility index (Phi) is 3.95. The SMILES string of the molecule is CC(C)C(N)CNS(N)(=O)=O. The van der Waals surface area contributed by atoms with Crippen molar-refractivity contribution in [2.75, 3.05) is 6.54 Å². The van der Waals surface area contributed by atoms with E-state index in [0.29, 0.717) is 0 Å². The first kappa shape index (κ1) is 10.8. The Balaban J connectivity index is 3.72. The van der Waals surface area contributed by atoms with Crippen LogP contribution < -0.4 is 15.6 Å². The van der Waals surface area contributed by atoms with E-state index >= 15 is 0 Å². The lowest BCUT2D eigenvalue weighted by atomic mass is 10.1. The molecule has 0 aromatic carbocycles. The van der Waals surface area contributed by atoms with Crippen LogP contribution in [0.25, 0.3) is 0 Å². The molecule has 0 aliphatic rings. The summed E-state index contributed by atoms with van der Waals surface area (Å²) in [5, 5.41) is 4.69. The van der Waals surface area contributed by atoms with Crippen LogP contribution in [0.5, 0.6) is 0 Å². The minimum atomic E-state index is -3.58. The van der Waals surface area contributed by atoms with E-state index in [1.807, 2.05) is 13.8 Å². The van der Waals surface area contributed by atoms with E-state index < -0.39 is 10.2 Å². The Morgan fingerprint density at radius 2 is 1.91 bits per heavy atom. The molecule has 0 bridgehead atoms. The lowest BCUT2D eigenvalue weighted by Crippen LogP contribution is -2.42. The number of hydrogen-bond donors (Lipinski definition) is 3. The number of nitrogens with two attached hydrogens (primary N) is 2. The second-order valence-electron chi connectivity index (χ2n) is 2.80. The van der Waals surface area contributed by atoms with Crippen LogP contribution in [0, 0.1) is 5.92 Å². The van der Waals surface area contributed by atoms with Gasteiger partial charge in [0.2, 0.25) is 0 Å². The summed E-state index contributed by atoms with van der Waals surface area (Å²) in [6.07, 6.45) is 0. The van der Waals surface area contributed by atoms with Gasteiger partial charge in [0.05, 0.1) is 0 Å². The van der Waals surface area contributed by atoms with Crippen molar-refractivity contribution in [3.63, 3.8) is 0 Å². The van der Waals surface area contributed by atoms with E-state index in [0.717, 1.165) is 0 Å². The average molecular weight is 181 g/mol. The van der Waals surface area contributed by atoms with E-state index in [-0.39, 0.29) is 18.5 Å². The van der Waals surface area contributed by atoms with Crippen LogP contribution in [-0.2, 0) is 10.2 Å². The Morgan fingerprint density at radius 3 is 2.18 bits per heavy atom. The average Bonchev–Trinajstić information content (AvgIpc) is 1.80. The predicted molar refractivity (Wildman–Crippen MR) is 43.9 cm³/mol. The zero-order valence-electron chi connectivity index (χ0n) is 6.74. The van der Waals surface area contributed by atoms with Crippen LogP contribution in [0.3, 0.4) is 0 Å². The quantitative estimate of drug-likeness (QED) is 0.506. The van der Waals surface area contributed by atoms with Gasteiger partial charge < -0.3 is 5.73 Å². The van der Waals surface area contributed by atoms with Gasteiger partial charge in [0.15, 0.2) is 0 Å². The zero-order valence-corrected chi connectivity index (χ0v) is 7.56. The summed E-state index contributed by atoms with van der Waals surface area (Å²) < 4.78 is 22.9. The van der Waals surface area contributed by atoms with Gasteiger partial charge in [-0.2, -0.15) is 8.42 Å². The molecular weight excluding hydrogens is 166 g/mol. The maximum absolute atomic E-state index is 10.4. The van der Waals surface area contributed by atoms with Crippen LogP contribution in [0.4, 0.5) is 0 Å². The fraction of sp³-hybridized carbons (Fsp3) is 1.00. The van der Waals surface area contributed by atoms with Crippen molar-refractivity contribution in [3.05, 3.63) is 0 Å². The van der Waals surface area contributed by atoms with Gasteiger partial charge in [0.25, 0.3) is 10.2 Å². The summed E-state index contributed by atoms with van der Waals surface area (Å²) in [6, 6.07) is -0.187. The van der Waals surface area contributed by atoms with Crippen LogP contribution in [-0.4, -0.2) is 21.0 Å². The molecular formula is C5H15N3O2S. The van der Waals surface area contributed by atoms with Crippen molar-refractivity contribution in [1.29, 1.82) is 0 Å². The first-order valence-corrected chi connectivity index (χ1v) is 4.90. The lowest BCUT2D eigenvalue weighted by molar-refractivity contribution is 0.482. The molecule has 1 atom stereocenters. The van der Waals surface area contributed by atoms with E-state index in [4.69, 9.17) is 5.73 Å². The molecule has 0 saturated carbocycles. The van der Waals surface area contributed by atoms with Gasteiger partial charge >= 0.3 is 0 Å². The van der Waals surface area contributed by atoms with Gasteiger partial charge in [0, 0.05) is 12.6 Å². The van der Waals surface area contributed by atoms with E-state index in [1.165, 1.54) is 0 Å². The molecule has 68 valence electrons. The molecule has 0 amide bonds. The Hall–Kier alpha value is -0.170. The topological polar surface area (TPSA) is 98.2 Å². The van der Waals surface area contributed by atoms with E-state index in [2.05, 4.69) is 9.86 Å². The minimum absolute atomic E-state index is 0.187. The monoisotopic (exact) mass is 181 g/mol. The van der Waals surface area contributed by atoms with Crippen LogP contribution in [0.15, 0.2) is 0 Å². The highest BCUT2D eigenvalue weighted by Crippen LogP contribution is 1.95. The molecule has 0 aromatic heterocycles. The summed E-state index contributed by atoms with van der Waals surface area (Å²) >= 11 is 0. The highest BCUT2D eigenvalue weighted by molar-refractivity contribution is 7.87. The molecule has 1 unspecified atom stereocenters. The van der Waals surface area contributed by atoms with E-state index in [9.17, 15) is 8.42 Å². The van der Waals surface area contributed by atoms with Crippen molar-refractivity contribution >= 4 is 10.2 Å². The number of rotatable bonds is 4. The fourth-order valence-corrected chi connectivity index (χ4v) is 0.873. The largest absolute Gasteiger partial charge is 0.326 e. The molecule has 0 rings (SSSR count). The highest BCUT2D eigenvalue weighted by Gasteiger charge is 2.09. The summed E-state index contributed by atoms with van der Waals surface area (Å²) in [4.78, 5) is 0. The molecule has 5 nitrogen and oxygen atoms in total. The molecule has 0 radical (unpaired) electrons. The molecule has 0 aliphatic carbocycles. The summed E-state index contributed by atoms with van der Waals surface area (Å²) in [6.45, 7) is 4.02. The summed E-state index contributed by atoms with van der Waals surface area (Å²) in [7, 11) is -3.58. The third-order valence-corrected chi connectivity index (χ3v) is 1.95. The normalized spacial score (nSPS) is 15.4. The zero-order chi connectivity index (χ0) is 9.07. The van der Waals surface area contributed by atoms with Gasteiger partial charge in [-0.3, -0.25) is 0 Å². The van der Waals surface area contributed by atoms with Gasteiger partial charge in [-0.25, -0.2) is 9.86 Å². The van der Waals surface area contributed by atoms with Crippen LogP contribution in [0.2, 0.25) is 0 Å². The van der Waals surface area contributed by atoms with Gasteiger partial charge in [0.1, 0.15) is 0 Å². The first-order valence-electron chi connectivity index (χ1n) is 3.36. The molecule has 0 aliphatic heterocycles. The predicted octanol–water partition coefficient (Wildman–Crippen LogP) is -1.24. The van der Waals surface area contributed by atoms with Crippen molar-refractivity contribution in [1.82, 2.24) is 4.72 Å². The van der Waals surface area contributed by atoms with Gasteiger partial charge in [-0.05, 0) is 5.92 Å². The van der Waals surface area contributed by atoms with Crippen molar-refractivity contribution in [3.8, 4) is 0 Å². The van der Waals surface area contributed by atoms with Crippen molar-refractivity contribution in [2.24, 2.45) is 16.8 Å². The van der Waals surface area contributed by atoms with Crippen molar-refractivity contribution < 1.29 is 8.42 Å². The molecule has 0 saturated heterocycles. The molecule has 0 aromatic rings. The van der Waals surface area contributed by atoms with E-state index in [1.54, 1.807) is 0 Å². The molecule has 11 heavy (non-hydrogen) atoms. The second kappa shape index (κ2) is 4.01. The molecule has 5 N–H and O–H groups in total.